The second kappa shape index (κ2) is 21.9. The fourth-order valence-electron chi connectivity index (χ4n) is 6.71. The average Bonchev–Trinajstić information content (AvgIpc) is 3.23. The third-order valence-electron chi connectivity index (χ3n) is 10.0. The lowest BCUT2D eigenvalue weighted by Gasteiger charge is -2.22. The SMILES string of the molecule is NS(=O)(=O)c1cc(NC(=O)Cc2ccccc2C(F)(F)F)ccc1OCC1CCOCC1.NS(=O)(=O)c1cc(NC(=O)Cc2ccccc2C(F)F)ccc1OCC1CCOCC1. The van der Waals surface area contributed by atoms with E-state index in [4.69, 9.17) is 29.2 Å². The molecule has 6 N–H and O–H groups in total. The summed E-state index contributed by atoms with van der Waals surface area (Å²) in [7, 11) is -8.30. The maximum absolute atomic E-state index is 13.1. The number of carbonyl (C=O) groups excluding carboxylic acids is 2. The van der Waals surface area contributed by atoms with Crippen LogP contribution < -0.4 is 30.4 Å². The minimum Gasteiger partial charge on any atom is -0.492 e. The monoisotopic (exact) mass is 926 g/mol. The normalized spacial score (nSPS) is 15.2. The quantitative estimate of drug-likeness (QED) is 0.0938. The van der Waals surface area contributed by atoms with Crippen molar-refractivity contribution in [1.29, 1.82) is 0 Å². The highest BCUT2D eigenvalue weighted by atomic mass is 32.2. The molecular weight excluding hydrogens is 880 g/mol. The predicted molar refractivity (Wildman–Crippen MR) is 221 cm³/mol. The number of anilines is 2. The molecule has 2 heterocycles. The van der Waals surface area contributed by atoms with Crippen LogP contribution in [0.15, 0.2) is 94.7 Å². The number of benzene rings is 4. The third-order valence-corrected chi connectivity index (χ3v) is 11.9. The van der Waals surface area contributed by atoms with Crippen LogP contribution in [0, 0.1) is 11.8 Å². The molecule has 0 unspecified atom stereocenters. The Morgan fingerprint density at radius 1 is 0.651 bits per heavy atom. The van der Waals surface area contributed by atoms with Gasteiger partial charge in [-0.05, 0) is 91.1 Å². The van der Waals surface area contributed by atoms with Gasteiger partial charge in [0.05, 0.1) is 31.6 Å². The Labute approximate surface area is 361 Å². The molecule has 342 valence electrons. The fourth-order valence-corrected chi connectivity index (χ4v) is 8.11. The molecule has 2 saturated heterocycles. The highest BCUT2D eigenvalue weighted by Gasteiger charge is 2.33. The molecule has 2 fully saturated rings. The van der Waals surface area contributed by atoms with Crippen molar-refractivity contribution >= 4 is 43.2 Å². The summed E-state index contributed by atoms with van der Waals surface area (Å²) in [5.74, 6) is -0.710. The van der Waals surface area contributed by atoms with Crippen LogP contribution in [-0.2, 0) is 58.1 Å². The zero-order valence-electron chi connectivity index (χ0n) is 33.7. The van der Waals surface area contributed by atoms with Crippen LogP contribution in [0.4, 0.5) is 33.3 Å². The van der Waals surface area contributed by atoms with Gasteiger partial charge in [0.1, 0.15) is 21.3 Å². The van der Waals surface area contributed by atoms with Crippen molar-refractivity contribution in [2.24, 2.45) is 22.1 Å². The van der Waals surface area contributed by atoms with Crippen molar-refractivity contribution < 1.29 is 67.3 Å². The van der Waals surface area contributed by atoms with Gasteiger partial charge in [0.2, 0.25) is 31.9 Å². The first-order valence-corrected chi connectivity index (χ1v) is 22.7. The first kappa shape index (κ1) is 48.8. The van der Waals surface area contributed by atoms with E-state index in [-0.39, 0.29) is 74.2 Å². The highest BCUT2D eigenvalue weighted by Crippen LogP contribution is 2.33. The number of carbonyl (C=O) groups is 2. The first-order chi connectivity index (χ1) is 29.8. The van der Waals surface area contributed by atoms with Gasteiger partial charge in [-0.15, -0.1) is 0 Å². The van der Waals surface area contributed by atoms with E-state index >= 15 is 0 Å². The van der Waals surface area contributed by atoms with Crippen LogP contribution in [0.25, 0.3) is 0 Å². The van der Waals surface area contributed by atoms with Gasteiger partial charge in [-0.3, -0.25) is 9.59 Å². The van der Waals surface area contributed by atoms with Crippen molar-refractivity contribution in [2.75, 3.05) is 50.3 Å². The number of sulfonamides is 2. The van der Waals surface area contributed by atoms with Crippen molar-refractivity contribution in [2.45, 2.75) is 60.9 Å². The number of primary sulfonamides is 2. The summed E-state index contributed by atoms with van der Waals surface area (Å²) in [5, 5.41) is 15.6. The minimum atomic E-state index is -4.60. The molecule has 0 aromatic heterocycles. The lowest BCUT2D eigenvalue weighted by Crippen LogP contribution is -2.22. The molecule has 0 aliphatic carbocycles. The summed E-state index contributed by atoms with van der Waals surface area (Å²) < 4.78 is 136. The fraction of sp³-hybridized carbons (Fsp3) is 0.381. The number of rotatable bonds is 15. The van der Waals surface area contributed by atoms with Gasteiger partial charge in [-0.1, -0.05) is 42.5 Å². The maximum Gasteiger partial charge on any atom is 0.416 e. The summed E-state index contributed by atoms with van der Waals surface area (Å²) in [4.78, 5) is 24.1. The van der Waals surface area contributed by atoms with Gasteiger partial charge >= 0.3 is 6.18 Å². The second-order valence-corrected chi connectivity index (χ2v) is 17.8. The van der Waals surface area contributed by atoms with Gasteiger partial charge < -0.3 is 29.6 Å². The summed E-state index contributed by atoms with van der Waals surface area (Å²) in [5.41, 5.74) is -0.889. The molecule has 2 amide bonds. The van der Waals surface area contributed by atoms with Gasteiger partial charge in [0.25, 0.3) is 6.43 Å². The lowest BCUT2D eigenvalue weighted by atomic mass is 10.0. The maximum atomic E-state index is 13.1. The minimum absolute atomic E-state index is 0.0411. The number of alkyl halides is 5. The van der Waals surface area contributed by atoms with E-state index in [1.165, 1.54) is 66.7 Å². The smallest absolute Gasteiger partial charge is 0.416 e. The van der Waals surface area contributed by atoms with Crippen LogP contribution in [-0.4, -0.2) is 68.3 Å². The van der Waals surface area contributed by atoms with Crippen LogP contribution in [0.2, 0.25) is 0 Å². The predicted octanol–water partition coefficient (Wildman–Crippen LogP) is 6.60. The van der Waals surface area contributed by atoms with Crippen molar-refractivity contribution in [1.82, 2.24) is 0 Å². The van der Waals surface area contributed by atoms with E-state index in [0.717, 1.165) is 37.8 Å². The van der Waals surface area contributed by atoms with E-state index in [0.29, 0.717) is 33.0 Å². The van der Waals surface area contributed by atoms with Crippen LogP contribution in [0.3, 0.4) is 0 Å². The van der Waals surface area contributed by atoms with E-state index < -0.39 is 56.4 Å². The van der Waals surface area contributed by atoms with Crippen molar-refractivity contribution in [3.05, 3.63) is 107 Å². The molecule has 4 aromatic carbocycles. The molecule has 4 aromatic rings. The standard InChI is InChI=1S/C21H23F3N2O5S.C21H24F2N2O5S/c22-21(23,24)17-4-2-1-3-15(17)11-20(27)26-16-5-6-18(19(12-16)32(25,28)29)31-13-14-7-9-30-10-8-14;22-21(23)17-4-2-1-3-15(17)11-20(26)25-16-5-6-18(19(12-16)31(24,27)28)30-13-14-7-9-29-10-8-14/h1-6,12,14H,7-11,13H2,(H,26,27)(H2,25,28,29);1-6,12,14,21H,7-11,13H2,(H,25,26)(H2,24,27,28). The largest absolute Gasteiger partial charge is 0.492 e. The Morgan fingerprint density at radius 3 is 1.49 bits per heavy atom. The topological polar surface area (TPSA) is 215 Å². The molecule has 0 atom stereocenters. The lowest BCUT2D eigenvalue weighted by molar-refractivity contribution is -0.138. The van der Waals surface area contributed by atoms with Gasteiger partial charge in [-0.25, -0.2) is 35.9 Å². The summed E-state index contributed by atoms with van der Waals surface area (Å²) in [6, 6.07) is 18.5. The number of amides is 2. The molecule has 0 bridgehead atoms. The average molecular weight is 927 g/mol. The molecule has 2 aliphatic heterocycles. The molecule has 14 nitrogen and oxygen atoms in total. The molecule has 6 rings (SSSR count). The zero-order chi connectivity index (χ0) is 45.8. The number of nitrogens with two attached hydrogens (primary N) is 2. The number of nitrogens with one attached hydrogen (secondary N) is 2. The highest BCUT2D eigenvalue weighted by molar-refractivity contribution is 7.89. The van der Waals surface area contributed by atoms with Crippen LogP contribution in [0.5, 0.6) is 11.5 Å². The zero-order valence-corrected chi connectivity index (χ0v) is 35.4. The van der Waals surface area contributed by atoms with E-state index in [1.807, 2.05) is 0 Å². The molecule has 0 radical (unpaired) electrons. The molecule has 63 heavy (non-hydrogen) atoms. The molecule has 0 saturated carbocycles. The Bertz CT molecular complexity index is 2430. The van der Waals surface area contributed by atoms with Gasteiger partial charge in [0.15, 0.2) is 0 Å². The Hall–Kier alpha value is -5.19. The van der Waals surface area contributed by atoms with E-state index in [2.05, 4.69) is 10.6 Å². The van der Waals surface area contributed by atoms with Crippen molar-refractivity contribution in [3.8, 4) is 11.5 Å². The Kier molecular flexibility index (Phi) is 17.0. The summed E-state index contributed by atoms with van der Waals surface area (Å²) in [6.45, 7) is 3.09. The first-order valence-electron chi connectivity index (χ1n) is 19.6. The van der Waals surface area contributed by atoms with Crippen molar-refractivity contribution in [3.63, 3.8) is 0 Å². The van der Waals surface area contributed by atoms with Crippen LogP contribution >= 0.6 is 0 Å². The molecule has 0 spiro atoms. The second-order valence-electron chi connectivity index (χ2n) is 14.8. The molecule has 2 aliphatic rings. The number of ether oxygens (including phenoxy) is 4. The van der Waals surface area contributed by atoms with Crippen LogP contribution in [0.1, 0.15) is 54.4 Å². The van der Waals surface area contributed by atoms with E-state index in [9.17, 15) is 48.4 Å². The third kappa shape index (κ3) is 15.0. The number of hydrogen-bond acceptors (Lipinski definition) is 10. The summed E-state index contributed by atoms with van der Waals surface area (Å²) >= 11 is 0. The van der Waals surface area contributed by atoms with E-state index in [1.54, 1.807) is 6.07 Å². The molecular formula is C42H47F5N4O10S2. The Balaban J connectivity index is 0.000000238. The summed E-state index contributed by atoms with van der Waals surface area (Å²) in [6.07, 6.45) is -4.91. The molecule has 21 heteroatoms. The van der Waals surface area contributed by atoms with Gasteiger partial charge in [-0.2, -0.15) is 13.2 Å². The number of hydrogen-bond donors (Lipinski definition) is 4. The number of halogens is 5. The van der Waals surface area contributed by atoms with Gasteiger partial charge in [0, 0.05) is 43.4 Å². The Morgan fingerprint density at radius 2 is 1.06 bits per heavy atom.